The fraction of sp³-hybridized carbons (Fsp3) is 0.381. The summed E-state index contributed by atoms with van der Waals surface area (Å²) < 4.78 is 13.8. The first-order valence-corrected chi connectivity index (χ1v) is 8.89. The molecular weight excluding hydrogens is 315 g/mol. The number of anilines is 1. The van der Waals surface area contributed by atoms with Gasteiger partial charge in [0.25, 0.3) is 5.91 Å². The summed E-state index contributed by atoms with van der Waals surface area (Å²) in [6.07, 6.45) is 1.01. The number of hydrogen-bond acceptors (Lipinski definition) is 1. The molecule has 3 atom stereocenters. The number of amides is 1. The highest BCUT2D eigenvalue weighted by atomic mass is 19.1. The monoisotopic (exact) mass is 343 g/mol. The number of likely N-dealkylation sites (N-methyl/N-ethyl adjacent to an activating group) is 1. The second-order valence-corrected chi connectivity index (χ2v) is 6.72. The van der Waals surface area contributed by atoms with Crippen LogP contribution in [0, 0.1) is 5.82 Å². The number of hydrogen-bond donors (Lipinski definition) is 2. The molecule has 1 amide bonds. The van der Waals surface area contributed by atoms with Crippen LogP contribution in [0.15, 0.2) is 48.5 Å². The van der Waals surface area contributed by atoms with Gasteiger partial charge in [-0.3, -0.25) is 4.79 Å². The quantitative estimate of drug-likeness (QED) is 0.794. The fourth-order valence-corrected chi connectivity index (χ4v) is 2.82. The van der Waals surface area contributed by atoms with E-state index in [1.165, 1.54) is 6.07 Å². The summed E-state index contributed by atoms with van der Waals surface area (Å²) in [5, 5.41) is 3.05. The minimum absolute atomic E-state index is 0.0513. The second-order valence-electron chi connectivity index (χ2n) is 6.72. The van der Waals surface area contributed by atoms with Crippen molar-refractivity contribution in [2.75, 3.05) is 12.4 Å². The predicted molar refractivity (Wildman–Crippen MR) is 100 cm³/mol. The summed E-state index contributed by atoms with van der Waals surface area (Å²) >= 11 is 0. The molecule has 2 rings (SSSR count). The first kappa shape index (κ1) is 19.1. The molecule has 1 unspecified atom stereocenters. The van der Waals surface area contributed by atoms with E-state index in [2.05, 4.69) is 25.2 Å². The van der Waals surface area contributed by atoms with Crippen molar-refractivity contribution < 1.29 is 14.1 Å². The number of carbonyl (C=O) groups excluding carboxylic acids is 1. The van der Waals surface area contributed by atoms with Crippen LogP contribution in [0.2, 0.25) is 0 Å². The zero-order chi connectivity index (χ0) is 18.4. The highest BCUT2D eigenvalue weighted by molar-refractivity contribution is 5.94. The Morgan fingerprint density at radius 1 is 1.12 bits per heavy atom. The van der Waals surface area contributed by atoms with Crippen LogP contribution in [-0.4, -0.2) is 19.0 Å². The Kier molecular flexibility index (Phi) is 6.71. The lowest BCUT2D eigenvalue weighted by atomic mass is 9.97. The summed E-state index contributed by atoms with van der Waals surface area (Å²) in [7, 11) is 1.91. The average molecular weight is 343 g/mol. The molecule has 0 radical (unpaired) electrons. The summed E-state index contributed by atoms with van der Waals surface area (Å²) in [5.41, 5.74) is 2.64. The molecule has 2 aromatic rings. The lowest BCUT2D eigenvalue weighted by molar-refractivity contribution is -0.908. The van der Waals surface area contributed by atoms with Crippen LogP contribution in [0.1, 0.15) is 44.2 Å². The van der Waals surface area contributed by atoms with Crippen molar-refractivity contribution in [3.63, 3.8) is 0 Å². The average Bonchev–Trinajstić information content (AvgIpc) is 2.62. The van der Waals surface area contributed by atoms with Gasteiger partial charge in [0.15, 0.2) is 6.04 Å². The third-order valence-electron chi connectivity index (χ3n) is 4.92. The molecule has 0 saturated carbocycles. The lowest BCUT2D eigenvalue weighted by Gasteiger charge is -2.22. The maximum atomic E-state index is 13.8. The van der Waals surface area contributed by atoms with Gasteiger partial charge in [-0.25, -0.2) is 4.39 Å². The van der Waals surface area contributed by atoms with Crippen LogP contribution in [0.4, 0.5) is 10.1 Å². The molecule has 0 spiro atoms. The van der Waals surface area contributed by atoms with Gasteiger partial charge in [-0.15, -0.1) is 0 Å². The summed E-state index contributed by atoms with van der Waals surface area (Å²) in [5.74, 6) is 0.108. The van der Waals surface area contributed by atoms with E-state index in [9.17, 15) is 9.18 Å². The number of quaternary nitrogens is 1. The van der Waals surface area contributed by atoms with Gasteiger partial charge in [-0.05, 0) is 37.0 Å². The summed E-state index contributed by atoms with van der Waals surface area (Å²) in [6.45, 7) is 6.63. The number of nitrogens with one attached hydrogen (secondary N) is 2. The SMILES string of the molecule is CC[C@@H](C)c1ccccc1NC(=O)[C@@H](C)[NH+](C)Cc1ccccc1F. The number of carbonyl (C=O) groups is 1. The molecule has 0 aliphatic carbocycles. The van der Waals surface area contributed by atoms with Gasteiger partial charge < -0.3 is 10.2 Å². The molecule has 0 fully saturated rings. The number of halogens is 1. The van der Waals surface area contributed by atoms with Crippen molar-refractivity contribution in [2.45, 2.75) is 45.7 Å². The van der Waals surface area contributed by atoms with Gasteiger partial charge in [0.05, 0.1) is 7.05 Å². The summed E-state index contributed by atoms with van der Waals surface area (Å²) in [4.78, 5) is 13.6. The van der Waals surface area contributed by atoms with E-state index < -0.39 is 0 Å². The third kappa shape index (κ3) is 4.89. The molecular formula is C21H28FN2O+. The smallest absolute Gasteiger partial charge is 0.282 e. The number of benzene rings is 2. The van der Waals surface area contributed by atoms with Crippen molar-refractivity contribution in [1.82, 2.24) is 0 Å². The van der Waals surface area contributed by atoms with E-state index in [1.54, 1.807) is 12.1 Å². The molecule has 25 heavy (non-hydrogen) atoms. The Balaban J connectivity index is 2.07. The molecule has 0 aliphatic heterocycles. The molecule has 0 aliphatic rings. The Morgan fingerprint density at radius 2 is 1.76 bits per heavy atom. The maximum absolute atomic E-state index is 13.8. The fourth-order valence-electron chi connectivity index (χ4n) is 2.82. The zero-order valence-corrected chi connectivity index (χ0v) is 15.5. The second kappa shape index (κ2) is 8.77. The van der Waals surface area contributed by atoms with Crippen LogP contribution in [-0.2, 0) is 11.3 Å². The number of rotatable bonds is 7. The van der Waals surface area contributed by atoms with Crippen molar-refractivity contribution in [1.29, 1.82) is 0 Å². The lowest BCUT2D eigenvalue weighted by Crippen LogP contribution is -3.12. The van der Waals surface area contributed by atoms with Crippen LogP contribution >= 0.6 is 0 Å². The minimum atomic E-state index is -0.287. The van der Waals surface area contributed by atoms with E-state index in [1.807, 2.05) is 38.2 Å². The minimum Gasteiger partial charge on any atom is -0.324 e. The van der Waals surface area contributed by atoms with E-state index in [-0.39, 0.29) is 17.8 Å². The molecule has 134 valence electrons. The van der Waals surface area contributed by atoms with Gasteiger partial charge >= 0.3 is 0 Å². The molecule has 4 heteroatoms. The van der Waals surface area contributed by atoms with E-state index in [4.69, 9.17) is 0 Å². The van der Waals surface area contributed by atoms with Gasteiger partial charge in [-0.2, -0.15) is 0 Å². The highest BCUT2D eigenvalue weighted by Gasteiger charge is 2.24. The molecule has 3 nitrogen and oxygen atoms in total. The van der Waals surface area contributed by atoms with Crippen molar-refractivity contribution in [2.24, 2.45) is 0 Å². The molecule has 0 aromatic heterocycles. The topological polar surface area (TPSA) is 33.5 Å². The summed E-state index contributed by atoms with van der Waals surface area (Å²) in [6, 6.07) is 14.4. The van der Waals surface area contributed by atoms with Crippen molar-refractivity contribution in [3.8, 4) is 0 Å². The van der Waals surface area contributed by atoms with E-state index in [0.717, 1.165) is 22.6 Å². The normalized spacial score (nSPS) is 14.6. The molecule has 0 saturated heterocycles. The standard InChI is InChI=1S/C21H27FN2O/c1-5-15(2)18-11-7-9-13-20(18)23-21(25)16(3)24(4)14-17-10-6-8-12-19(17)22/h6-13,15-16H,5,14H2,1-4H3,(H,23,25)/p+1/t15-,16-/m1/s1. The predicted octanol–water partition coefficient (Wildman–Crippen LogP) is 3.38. The molecule has 0 heterocycles. The van der Waals surface area contributed by atoms with Gasteiger partial charge in [0, 0.05) is 11.3 Å². The van der Waals surface area contributed by atoms with Gasteiger partial charge in [0.2, 0.25) is 0 Å². The van der Waals surface area contributed by atoms with Crippen LogP contribution < -0.4 is 10.2 Å². The van der Waals surface area contributed by atoms with Gasteiger partial charge in [0.1, 0.15) is 12.4 Å². The zero-order valence-electron chi connectivity index (χ0n) is 15.5. The Labute approximate surface area is 149 Å². The first-order chi connectivity index (χ1) is 11.9. The van der Waals surface area contributed by atoms with Crippen LogP contribution in [0.25, 0.3) is 0 Å². The Hall–Kier alpha value is -2.20. The van der Waals surface area contributed by atoms with Gasteiger partial charge in [-0.1, -0.05) is 50.2 Å². The molecule has 2 aromatic carbocycles. The molecule has 2 N–H and O–H groups in total. The molecule has 0 bridgehead atoms. The van der Waals surface area contributed by atoms with E-state index >= 15 is 0 Å². The number of para-hydroxylation sites is 1. The van der Waals surface area contributed by atoms with Crippen molar-refractivity contribution >= 4 is 11.6 Å². The first-order valence-electron chi connectivity index (χ1n) is 8.89. The van der Waals surface area contributed by atoms with E-state index in [0.29, 0.717) is 18.0 Å². The Bertz CT molecular complexity index is 717. The van der Waals surface area contributed by atoms with Crippen LogP contribution in [0.5, 0.6) is 0 Å². The Morgan fingerprint density at radius 3 is 2.44 bits per heavy atom. The van der Waals surface area contributed by atoms with Crippen LogP contribution in [0.3, 0.4) is 0 Å². The maximum Gasteiger partial charge on any atom is 0.282 e. The highest BCUT2D eigenvalue weighted by Crippen LogP contribution is 2.26. The largest absolute Gasteiger partial charge is 0.324 e. The third-order valence-corrected chi connectivity index (χ3v) is 4.92. The van der Waals surface area contributed by atoms with Crippen molar-refractivity contribution in [3.05, 3.63) is 65.5 Å².